The zero-order chi connectivity index (χ0) is 19.3. The Labute approximate surface area is 152 Å². The third-order valence-corrected chi connectivity index (χ3v) is 5.86. The Balaban J connectivity index is 2.40. The van der Waals surface area contributed by atoms with Crippen LogP contribution in [0.15, 0.2) is 30.5 Å². The lowest BCUT2D eigenvalue weighted by atomic mass is 10.2. The van der Waals surface area contributed by atoms with Crippen LogP contribution >= 0.6 is 0 Å². The average Bonchev–Trinajstić information content (AvgIpc) is 2.60. The van der Waals surface area contributed by atoms with Crippen molar-refractivity contribution < 1.29 is 18.7 Å². The number of esters is 1. The van der Waals surface area contributed by atoms with Gasteiger partial charge in [-0.15, -0.1) is 0 Å². The number of carbonyl (C=O) groups excluding carboxylic acids is 2. The molecule has 0 bridgehead atoms. The minimum Gasteiger partial charge on any atom is -0.464 e. The number of nitrogens with zero attached hydrogens (tertiary/aromatic N) is 1. The van der Waals surface area contributed by atoms with Gasteiger partial charge in [-0.3, -0.25) is 4.79 Å². The van der Waals surface area contributed by atoms with Gasteiger partial charge < -0.3 is 15.4 Å². The number of halogens is 1. The molecule has 1 heterocycles. The van der Waals surface area contributed by atoms with Gasteiger partial charge in [0.2, 0.25) is 6.41 Å². The molecular formula is C18H22FN3O3Si. The van der Waals surface area contributed by atoms with Gasteiger partial charge in [-0.25, -0.2) is 14.2 Å². The van der Waals surface area contributed by atoms with E-state index >= 15 is 0 Å². The van der Waals surface area contributed by atoms with E-state index in [9.17, 15) is 14.0 Å². The molecule has 6 nitrogen and oxygen atoms in total. The van der Waals surface area contributed by atoms with Crippen molar-refractivity contribution in [3.05, 3.63) is 47.5 Å². The molecule has 0 spiro atoms. The van der Waals surface area contributed by atoms with E-state index in [1.807, 2.05) is 6.07 Å². The number of methoxy groups -OCH3 is 1. The lowest BCUT2D eigenvalue weighted by Crippen LogP contribution is -2.37. The topological polar surface area (TPSA) is 80.3 Å². The molecule has 0 aliphatic heterocycles. The molecule has 0 radical (unpaired) electrons. The first-order valence-electron chi connectivity index (χ1n) is 8.07. The zero-order valence-electron chi connectivity index (χ0n) is 15.2. The van der Waals surface area contributed by atoms with Crippen molar-refractivity contribution in [1.29, 1.82) is 0 Å². The lowest BCUT2D eigenvalue weighted by Gasteiger charge is -2.18. The summed E-state index contributed by atoms with van der Waals surface area (Å²) < 4.78 is 19.3. The third kappa shape index (κ3) is 4.66. The Morgan fingerprint density at radius 1 is 1.27 bits per heavy atom. The summed E-state index contributed by atoms with van der Waals surface area (Å²) in [5.74, 6) is -1.04. The van der Waals surface area contributed by atoms with Crippen LogP contribution in [0.25, 0.3) is 0 Å². The predicted octanol–water partition coefficient (Wildman–Crippen LogP) is 2.54. The minimum atomic E-state index is -1.63. The fourth-order valence-corrected chi connectivity index (χ4v) is 3.49. The molecule has 138 valence electrons. The van der Waals surface area contributed by atoms with Crippen molar-refractivity contribution in [2.75, 3.05) is 12.4 Å². The van der Waals surface area contributed by atoms with Crippen LogP contribution in [0.3, 0.4) is 0 Å². The first kappa shape index (κ1) is 19.6. The van der Waals surface area contributed by atoms with Crippen molar-refractivity contribution in [3.8, 4) is 0 Å². The second kappa shape index (κ2) is 8.09. The molecule has 0 fully saturated rings. The first-order chi connectivity index (χ1) is 12.3. The Hall–Kier alpha value is -2.74. The molecule has 0 saturated carbocycles. The van der Waals surface area contributed by atoms with Crippen molar-refractivity contribution in [3.63, 3.8) is 0 Å². The Kier molecular flexibility index (Phi) is 6.09. The molecule has 2 aromatic rings. The number of carbonyl (C=O) groups is 2. The van der Waals surface area contributed by atoms with Gasteiger partial charge in [0.05, 0.1) is 26.6 Å². The summed E-state index contributed by atoms with van der Waals surface area (Å²) in [6.45, 7) is 6.65. The highest BCUT2D eigenvalue weighted by atomic mass is 28.3. The molecule has 0 saturated heterocycles. The maximum atomic E-state index is 14.5. The van der Waals surface area contributed by atoms with E-state index in [4.69, 9.17) is 4.74 Å². The fraction of sp³-hybridized carbons (Fsp3) is 0.278. The second-order valence-corrected chi connectivity index (χ2v) is 11.9. The molecule has 1 aromatic carbocycles. The van der Waals surface area contributed by atoms with Gasteiger partial charge in [0.1, 0.15) is 5.82 Å². The predicted molar refractivity (Wildman–Crippen MR) is 101 cm³/mol. The van der Waals surface area contributed by atoms with Gasteiger partial charge >= 0.3 is 5.97 Å². The summed E-state index contributed by atoms with van der Waals surface area (Å²) in [4.78, 5) is 26.5. The normalized spacial score (nSPS) is 11.0. The van der Waals surface area contributed by atoms with Gasteiger partial charge in [-0.05, 0) is 23.8 Å². The lowest BCUT2D eigenvalue weighted by molar-refractivity contribution is -0.109. The van der Waals surface area contributed by atoms with Crippen molar-refractivity contribution in [2.45, 2.75) is 26.2 Å². The van der Waals surface area contributed by atoms with Crippen LogP contribution in [0.4, 0.5) is 15.8 Å². The maximum Gasteiger partial charge on any atom is 0.358 e. The first-order valence-corrected chi connectivity index (χ1v) is 11.6. The van der Waals surface area contributed by atoms with Crippen LogP contribution in [0.2, 0.25) is 19.6 Å². The molecule has 1 aromatic heterocycles. The molecule has 0 aliphatic rings. The maximum absolute atomic E-state index is 14.5. The SMILES string of the molecule is COC(=O)c1ncc(CNC=O)cc1Nc1ccc([Si](C)(C)C)cc1F. The number of amides is 1. The molecule has 2 N–H and O–H groups in total. The van der Waals surface area contributed by atoms with E-state index in [1.165, 1.54) is 19.4 Å². The summed E-state index contributed by atoms with van der Waals surface area (Å²) in [5.41, 5.74) is 1.24. The largest absolute Gasteiger partial charge is 0.464 e. The number of pyridine rings is 1. The van der Waals surface area contributed by atoms with Crippen molar-refractivity contribution >= 4 is 37.0 Å². The molecular weight excluding hydrogens is 353 g/mol. The molecule has 1 amide bonds. The van der Waals surface area contributed by atoms with Gasteiger partial charge in [0.25, 0.3) is 0 Å². The Bertz CT molecular complexity index is 822. The van der Waals surface area contributed by atoms with Crippen LogP contribution in [-0.2, 0) is 16.1 Å². The van der Waals surface area contributed by atoms with Crippen LogP contribution in [0.5, 0.6) is 0 Å². The summed E-state index contributed by atoms with van der Waals surface area (Å²) in [5, 5.41) is 6.43. The van der Waals surface area contributed by atoms with E-state index in [0.717, 1.165) is 5.19 Å². The monoisotopic (exact) mass is 375 g/mol. The highest BCUT2D eigenvalue weighted by Crippen LogP contribution is 2.24. The summed E-state index contributed by atoms with van der Waals surface area (Å²) in [6, 6.07) is 6.69. The fourth-order valence-electron chi connectivity index (χ4n) is 2.35. The number of anilines is 2. The number of rotatable bonds is 7. The van der Waals surface area contributed by atoms with E-state index in [-0.39, 0.29) is 17.9 Å². The number of hydrogen-bond acceptors (Lipinski definition) is 5. The number of ether oxygens (including phenoxy) is 1. The van der Waals surface area contributed by atoms with Gasteiger partial charge in [0.15, 0.2) is 5.69 Å². The van der Waals surface area contributed by atoms with Gasteiger partial charge in [-0.1, -0.05) is 30.9 Å². The van der Waals surface area contributed by atoms with Crippen LogP contribution in [0, 0.1) is 5.82 Å². The highest BCUT2D eigenvalue weighted by Gasteiger charge is 2.19. The van der Waals surface area contributed by atoms with E-state index in [1.54, 1.807) is 12.1 Å². The molecule has 0 unspecified atom stereocenters. The molecule has 0 aliphatic carbocycles. The van der Waals surface area contributed by atoms with E-state index in [0.29, 0.717) is 17.7 Å². The average molecular weight is 375 g/mol. The summed E-state index contributed by atoms with van der Waals surface area (Å²) in [6.07, 6.45) is 2.02. The minimum absolute atomic E-state index is 0.0380. The molecule has 8 heteroatoms. The number of hydrogen-bond donors (Lipinski definition) is 2. The standard InChI is InChI=1S/C18H22FN3O3Si/c1-25-18(24)17-16(7-12(10-21-17)9-20-11-23)22-15-6-5-13(8-14(15)19)26(2,3)4/h5-8,10-11,22H,9H2,1-4H3,(H,20,23). The van der Waals surface area contributed by atoms with E-state index < -0.39 is 19.9 Å². The number of aromatic nitrogens is 1. The summed E-state index contributed by atoms with van der Waals surface area (Å²) in [7, 11) is -0.385. The Morgan fingerprint density at radius 2 is 2.00 bits per heavy atom. The molecule has 2 rings (SSSR count). The van der Waals surface area contributed by atoms with Gasteiger partial charge in [0, 0.05) is 12.7 Å². The zero-order valence-corrected chi connectivity index (χ0v) is 16.2. The smallest absolute Gasteiger partial charge is 0.358 e. The number of benzene rings is 1. The van der Waals surface area contributed by atoms with Crippen LogP contribution in [0.1, 0.15) is 16.1 Å². The molecule has 26 heavy (non-hydrogen) atoms. The third-order valence-electron chi connectivity index (χ3n) is 3.82. The van der Waals surface area contributed by atoms with Crippen molar-refractivity contribution in [1.82, 2.24) is 10.3 Å². The highest BCUT2D eigenvalue weighted by molar-refractivity contribution is 6.88. The van der Waals surface area contributed by atoms with Crippen molar-refractivity contribution in [2.24, 2.45) is 0 Å². The van der Waals surface area contributed by atoms with Gasteiger partial charge in [-0.2, -0.15) is 0 Å². The number of nitrogens with one attached hydrogen (secondary N) is 2. The quantitative estimate of drug-likeness (QED) is 0.442. The van der Waals surface area contributed by atoms with Crippen LogP contribution < -0.4 is 15.8 Å². The summed E-state index contributed by atoms with van der Waals surface area (Å²) >= 11 is 0. The van der Waals surface area contributed by atoms with E-state index in [2.05, 4.69) is 35.3 Å². The second-order valence-electron chi connectivity index (χ2n) is 6.80. The van der Waals surface area contributed by atoms with Crippen LogP contribution in [-0.4, -0.2) is 32.5 Å². The molecule has 0 atom stereocenters. The Morgan fingerprint density at radius 3 is 2.58 bits per heavy atom.